The van der Waals surface area contributed by atoms with Gasteiger partial charge in [0.05, 0.1) is 11.1 Å². The molecule has 0 atom stereocenters. The largest absolute Gasteiger partial charge is 0.391 e. The number of H-pyrrole nitrogens is 1. The van der Waals surface area contributed by atoms with Crippen LogP contribution in [0.15, 0.2) is 54.6 Å². The Morgan fingerprint density at radius 1 is 0.863 bits per heavy atom. The van der Waals surface area contributed by atoms with Crippen molar-refractivity contribution >= 4 is 112 Å². The highest BCUT2D eigenvalue weighted by atomic mass is 19.1. The minimum Gasteiger partial charge on any atom is -0.391 e. The topological polar surface area (TPSA) is 85.5 Å². The van der Waals surface area contributed by atoms with Crippen LogP contribution in [0.5, 0.6) is 0 Å². The number of benzene rings is 3. The van der Waals surface area contributed by atoms with E-state index in [9.17, 15) is 13.6 Å². The molecule has 6 rings (SSSR count). The number of fused-ring (bicyclic) bond motifs is 1. The van der Waals surface area contributed by atoms with Crippen molar-refractivity contribution in [2.75, 3.05) is 35.8 Å². The maximum atomic E-state index is 14.3. The number of likely N-dealkylation sites (N-methyl/N-ethyl adjacent to an activating group) is 1. The summed E-state index contributed by atoms with van der Waals surface area (Å²) >= 11 is 0. The summed E-state index contributed by atoms with van der Waals surface area (Å²) in [6.45, 7) is 1.33. The number of carbonyl (C=O) groups is 1. The van der Waals surface area contributed by atoms with Crippen LogP contribution in [-0.2, 0) is 9.95 Å². The molecule has 2 aliphatic heterocycles. The molecular formula is C31H44B10F2N6O2. The Morgan fingerprint density at radius 2 is 1.47 bits per heavy atom. The van der Waals surface area contributed by atoms with Gasteiger partial charge >= 0.3 is 0 Å². The number of nitrogens with one attached hydrogen (secondary N) is 3. The van der Waals surface area contributed by atoms with Gasteiger partial charge in [0.2, 0.25) is 0 Å². The van der Waals surface area contributed by atoms with Crippen LogP contribution in [0.1, 0.15) is 34.3 Å². The van der Waals surface area contributed by atoms with Crippen molar-refractivity contribution < 1.29 is 18.3 Å². The van der Waals surface area contributed by atoms with Gasteiger partial charge in [0.25, 0.3) is 5.91 Å². The molecule has 20 heteroatoms. The summed E-state index contributed by atoms with van der Waals surface area (Å²) in [6.07, 6.45) is 1.68. The molecular weight excluding hydrogens is 634 g/mol. The molecule has 254 valence electrons. The fraction of sp³-hybridized carbons (Fsp3) is 0.355. The Balaban J connectivity index is 1.39. The van der Waals surface area contributed by atoms with E-state index in [0.29, 0.717) is 35.5 Å². The number of hydrogen-bond acceptors (Lipinski definition) is 6. The second kappa shape index (κ2) is 12.9. The third-order valence-electron chi connectivity index (χ3n) is 13.0. The molecule has 8 nitrogen and oxygen atoms in total. The fourth-order valence-electron chi connectivity index (χ4n) is 8.22. The van der Waals surface area contributed by atoms with E-state index in [0.717, 1.165) is 41.4 Å². The lowest BCUT2D eigenvalue weighted by Crippen LogP contribution is -2.91. The average Bonchev–Trinajstić information content (AvgIpc) is 3.45. The van der Waals surface area contributed by atoms with Crippen molar-refractivity contribution in [2.24, 2.45) is 0 Å². The zero-order chi connectivity index (χ0) is 37.3. The normalized spacial score (nSPS) is 20.2. The average molecular weight is 679 g/mol. The number of halogens is 2. The summed E-state index contributed by atoms with van der Waals surface area (Å²) in [5, 5.41) is 13.3. The van der Waals surface area contributed by atoms with Gasteiger partial charge in [0.1, 0.15) is 90.1 Å². The minimum atomic E-state index is -0.722. The molecule has 3 heterocycles. The second-order valence-electron chi connectivity index (χ2n) is 17.0. The number of amides is 1. The summed E-state index contributed by atoms with van der Waals surface area (Å²) in [6, 6.07) is 15.6. The van der Waals surface area contributed by atoms with Gasteiger partial charge in [-0.05, 0) is 94.5 Å². The maximum Gasteiger partial charge on any atom is 0.258 e. The molecule has 0 aliphatic carbocycles. The van der Waals surface area contributed by atoms with Gasteiger partial charge in [-0.25, -0.2) is 8.78 Å². The Bertz CT molecular complexity index is 1940. The maximum absolute atomic E-state index is 14.3. The third-order valence-corrected chi connectivity index (χ3v) is 13.0. The van der Waals surface area contributed by atoms with Crippen LogP contribution in [0.3, 0.4) is 0 Å². The summed E-state index contributed by atoms with van der Waals surface area (Å²) in [7, 11) is 24.5. The first kappa shape index (κ1) is 37.4. The van der Waals surface area contributed by atoms with Crippen LogP contribution in [0.4, 0.5) is 26.0 Å². The van der Waals surface area contributed by atoms with Gasteiger partial charge in [0, 0.05) is 42.1 Å². The monoisotopic (exact) mass is 680 g/mol. The van der Waals surface area contributed by atoms with Crippen LogP contribution < -0.4 is 15.5 Å². The van der Waals surface area contributed by atoms with E-state index < -0.39 is 16.8 Å². The standard InChI is InChI=1S/C31H44B10F2N6O2/c1-48-28(34,35)30(38,39)49(31(40,41)29(48,36)37)20-3-4-21(24(14-20)44-19-6-8-51-9-7-19)26(50)45-25-22-12-15(2-5-23(22)46-47-25)27(32,33)16-10-17(42)13-18(43)11-16/h2-5,10-14,19,44H,6-9,32-41H2,1H3,(H2,45,46,47,50). The highest BCUT2D eigenvalue weighted by molar-refractivity contribution is 6.62. The van der Waals surface area contributed by atoms with Gasteiger partial charge < -0.3 is 25.2 Å². The first-order chi connectivity index (χ1) is 23.7. The predicted octanol–water partition coefficient (Wildman–Crippen LogP) is -5.42. The number of piperazine rings is 1. The van der Waals surface area contributed by atoms with Crippen LogP contribution in [-0.4, -0.2) is 147 Å². The Morgan fingerprint density at radius 3 is 2.08 bits per heavy atom. The van der Waals surface area contributed by atoms with Crippen molar-refractivity contribution in [2.45, 2.75) is 45.4 Å². The molecule has 1 amide bonds. The molecule has 1 aromatic heterocycles. The van der Waals surface area contributed by atoms with Crippen LogP contribution in [0, 0.1) is 11.6 Å². The van der Waals surface area contributed by atoms with Crippen molar-refractivity contribution in [3.63, 3.8) is 0 Å². The van der Waals surface area contributed by atoms with Gasteiger partial charge in [-0.3, -0.25) is 9.89 Å². The van der Waals surface area contributed by atoms with Gasteiger partial charge in [0.15, 0.2) is 5.82 Å². The quantitative estimate of drug-likeness (QED) is 0.170. The lowest BCUT2D eigenvalue weighted by Gasteiger charge is -2.74. The highest BCUT2D eigenvalue weighted by Crippen LogP contribution is 2.45. The molecule has 0 unspecified atom stereocenters. The molecule has 51 heavy (non-hydrogen) atoms. The number of anilines is 3. The second-order valence-corrected chi connectivity index (χ2v) is 17.0. The van der Waals surface area contributed by atoms with E-state index in [1.54, 1.807) is 0 Å². The molecule has 0 saturated carbocycles. The third kappa shape index (κ3) is 6.28. The lowest BCUT2D eigenvalue weighted by atomic mass is 9.26. The SMILES string of the molecule is BC(B)(c1cc(F)cc(F)c1)c1ccc2[nH]nc(NC(=O)c3ccc(N4C(B)(B)C(B)(B)N(C)C(B)(B)C4(B)B)cc3NC3CCOCC3)c2c1. The molecule has 0 bridgehead atoms. The molecule has 0 radical (unpaired) electrons. The van der Waals surface area contributed by atoms with Crippen molar-refractivity contribution in [3.8, 4) is 0 Å². The first-order valence-corrected chi connectivity index (χ1v) is 18.0. The van der Waals surface area contributed by atoms with Crippen LogP contribution in [0.2, 0.25) is 0 Å². The van der Waals surface area contributed by atoms with E-state index in [1.165, 1.54) is 12.1 Å². The van der Waals surface area contributed by atoms with Crippen molar-refractivity contribution in [3.05, 3.63) is 82.9 Å². The van der Waals surface area contributed by atoms with Crippen LogP contribution in [0.25, 0.3) is 10.9 Å². The van der Waals surface area contributed by atoms with Crippen molar-refractivity contribution in [1.29, 1.82) is 0 Å². The smallest absolute Gasteiger partial charge is 0.258 e. The Kier molecular flexibility index (Phi) is 9.48. The van der Waals surface area contributed by atoms with E-state index in [2.05, 4.69) is 113 Å². The first-order valence-electron chi connectivity index (χ1n) is 18.0. The van der Waals surface area contributed by atoms with E-state index >= 15 is 0 Å². The summed E-state index contributed by atoms with van der Waals surface area (Å²) < 4.78 is 34.0. The van der Waals surface area contributed by atoms with E-state index in [4.69, 9.17) is 4.74 Å². The summed E-state index contributed by atoms with van der Waals surface area (Å²) in [4.78, 5) is 19.3. The fourth-order valence-corrected chi connectivity index (χ4v) is 8.22. The molecule has 2 aliphatic rings. The summed E-state index contributed by atoms with van der Waals surface area (Å²) in [5.74, 6) is -1.17. The van der Waals surface area contributed by atoms with Crippen LogP contribution >= 0.6 is 0 Å². The van der Waals surface area contributed by atoms with Gasteiger partial charge in [-0.15, -0.1) is 0 Å². The van der Waals surface area contributed by atoms with Crippen molar-refractivity contribution in [1.82, 2.24) is 15.1 Å². The summed E-state index contributed by atoms with van der Waals surface area (Å²) in [5.41, 5.74) is 4.37. The molecule has 2 saturated heterocycles. The number of rotatable bonds is 7. The number of aromatic nitrogens is 2. The number of nitrogens with zero attached hydrogens (tertiary/aromatic N) is 3. The molecule has 3 N–H and O–H groups in total. The number of carbonyl (C=O) groups excluding carboxylic acids is 1. The number of ether oxygens (including phenoxy) is 1. The Hall–Kier alpha value is -3.37. The Labute approximate surface area is 309 Å². The van der Waals surface area contributed by atoms with E-state index in [-0.39, 0.29) is 33.3 Å². The molecule has 3 aromatic carbocycles. The number of hydrogen-bond donors (Lipinski definition) is 3. The zero-order valence-electron chi connectivity index (χ0n) is 32.0. The lowest BCUT2D eigenvalue weighted by molar-refractivity contribution is 0.0904. The number of aromatic amines is 1. The van der Waals surface area contributed by atoms with E-state index in [1.807, 2.05) is 40.0 Å². The zero-order valence-corrected chi connectivity index (χ0v) is 32.0. The predicted molar refractivity (Wildman–Crippen MR) is 232 cm³/mol. The highest BCUT2D eigenvalue weighted by Gasteiger charge is 2.60. The minimum absolute atomic E-state index is 0.158. The van der Waals surface area contributed by atoms with Gasteiger partial charge in [-0.2, -0.15) is 5.10 Å². The molecule has 0 spiro atoms. The van der Waals surface area contributed by atoms with Gasteiger partial charge in [-0.1, -0.05) is 11.6 Å². The molecule has 2 fully saturated rings. The molecule has 4 aromatic rings.